The van der Waals surface area contributed by atoms with Gasteiger partial charge < -0.3 is 14.8 Å². The summed E-state index contributed by atoms with van der Waals surface area (Å²) in [5, 5.41) is 5.11. The number of hydrogen-bond donors (Lipinski definition) is 2. The fourth-order valence-corrected chi connectivity index (χ4v) is 3.69. The molecule has 1 fully saturated rings. The average molecular weight is 447 g/mol. The Morgan fingerprint density at radius 1 is 1.00 bits per heavy atom. The maximum atomic E-state index is 12.4. The lowest BCUT2D eigenvalue weighted by molar-refractivity contribution is -0.156. The minimum atomic E-state index is -0.626. The highest BCUT2D eigenvalue weighted by atomic mass is 16.6. The second-order valence-corrected chi connectivity index (χ2v) is 9.12. The van der Waals surface area contributed by atoms with Gasteiger partial charge in [0.2, 0.25) is 11.8 Å². The first-order chi connectivity index (χ1) is 15.1. The van der Waals surface area contributed by atoms with Crippen molar-refractivity contribution in [3.05, 3.63) is 35.9 Å². The van der Waals surface area contributed by atoms with E-state index in [9.17, 15) is 19.2 Å². The van der Waals surface area contributed by atoms with Crippen LogP contribution in [-0.4, -0.2) is 35.5 Å². The molecule has 8 nitrogen and oxygen atoms in total. The molecule has 0 aromatic heterocycles. The van der Waals surface area contributed by atoms with Crippen LogP contribution in [0.4, 0.5) is 4.79 Å². The van der Waals surface area contributed by atoms with Crippen molar-refractivity contribution in [1.29, 1.82) is 0 Å². The van der Waals surface area contributed by atoms with E-state index in [1.807, 2.05) is 30.3 Å². The fraction of sp³-hybridized carbons (Fsp3) is 0.583. The normalized spacial score (nSPS) is 15.0. The van der Waals surface area contributed by atoms with E-state index in [0.29, 0.717) is 0 Å². The maximum Gasteiger partial charge on any atom is 0.407 e. The smallest absolute Gasteiger partial charge is 0.407 e. The third-order valence-electron chi connectivity index (χ3n) is 5.15. The van der Waals surface area contributed by atoms with E-state index in [4.69, 9.17) is 9.47 Å². The molecule has 0 saturated heterocycles. The predicted octanol–water partition coefficient (Wildman–Crippen LogP) is 3.63. The topological polar surface area (TPSA) is 111 Å². The van der Waals surface area contributed by atoms with E-state index in [2.05, 4.69) is 10.6 Å². The molecule has 0 radical (unpaired) electrons. The van der Waals surface area contributed by atoms with Gasteiger partial charge in [0.05, 0.1) is 6.42 Å². The molecule has 32 heavy (non-hydrogen) atoms. The lowest BCUT2D eigenvalue weighted by Gasteiger charge is -2.24. The minimum absolute atomic E-state index is 0.0245. The Balaban J connectivity index is 1.81. The highest BCUT2D eigenvalue weighted by Crippen LogP contribution is 2.29. The van der Waals surface area contributed by atoms with E-state index >= 15 is 0 Å². The van der Waals surface area contributed by atoms with E-state index in [1.54, 1.807) is 20.8 Å². The predicted molar refractivity (Wildman–Crippen MR) is 118 cm³/mol. The molecule has 0 heterocycles. The first kappa shape index (κ1) is 25.4. The number of ether oxygens (including phenoxy) is 2. The Kier molecular flexibility index (Phi) is 9.68. The summed E-state index contributed by atoms with van der Waals surface area (Å²) in [5.74, 6) is -1.37. The Labute approximate surface area is 189 Å². The van der Waals surface area contributed by atoms with Crippen LogP contribution in [0.3, 0.4) is 0 Å². The van der Waals surface area contributed by atoms with Gasteiger partial charge in [-0.1, -0.05) is 43.2 Å². The van der Waals surface area contributed by atoms with Gasteiger partial charge in [-0.3, -0.25) is 19.7 Å². The minimum Gasteiger partial charge on any atom is -0.460 e. The number of carbonyl (C=O) groups excluding carboxylic acids is 4. The van der Waals surface area contributed by atoms with Crippen LogP contribution < -0.4 is 10.6 Å². The molecule has 3 amide bonds. The van der Waals surface area contributed by atoms with Gasteiger partial charge in [0, 0.05) is 18.9 Å². The van der Waals surface area contributed by atoms with E-state index in [-0.39, 0.29) is 31.8 Å². The average Bonchev–Trinajstić information content (AvgIpc) is 3.25. The van der Waals surface area contributed by atoms with Crippen LogP contribution in [0.5, 0.6) is 0 Å². The molecular formula is C24H34N2O6. The highest BCUT2D eigenvalue weighted by Gasteiger charge is 2.29. The quantitative estimate of drug-likeness (QED) is 0.561. The van der Waals surface area contributed by atoms with Crippen LogP contribution >= 0.6 is 0 Å². The Hall–Kier alpha value is -2.90. The highest BCUT2D eigenvalue weighted by molar-refractivity contribution is 5.96. The summed E-state index contributed by atoms with van der Waals surface area (Å²) in [6.45, 7) is 5.37. The van der Waals surface area contributed by atoms with Gasteiger partial charge in [-0.15, -0.1) is 0 Å². The standard InChI is InChI=1S/C24H34N2O6/c1-24(2,3)32-22(29)14-13-20(27)26-21(28)15-19(18-11-7-8-12-18)25-23(30)31-16-17-9-5-4-6-10-17/h4-6,9-10,18-19H,7-8,11-16H2,1-3H3,(H,25,30)(H,26,27,28). The second-order valence-electron chi connectivity index (χ2n) is 9.12. The zero-order valence-corrected chi connectivity index (χ0v) is 19.1. The number of nitrogens with one attached hydrogen (secondary N) is 2. The molecule has 1 unspecified atom stereocenters. The molecule has 1 atom stereocenters. The largest absolute Gasteiger partial charge is 0.460 e. The number of imide groups is 1. The Morgan fingerprint density at radius 3 is 2.28 bits per heavy atom. The van der Waals surface area contributed by atoms with Crippen LogP contribution in [0, 0.1) is 5.92 Å². The molecule has 0 bridgehead atoms. The van der Waals surface area contributed by atoms with Gasteiger partial charge in [-0.2, -0.15) is 0 Å². The summed E-state index contributed by atoms with van der Waals surface area (Å²) in [4.78, 5) is 48.5. The number of hydrogen-bond acceptors (Lipinski definition) is 6. The number of esters is 1. The summed E-state index contributed by atoms with van der Waals surface area (Å²) < 4.78 is 10.4. The van der Waals surface area contributed by atoms with Crippen molar-refractivity contribution in [2.75, 3.05) is 0 Å². The molecule has 1 aromatic rings. The first-order valence-corrected chi connectivity index (χ1v) is 11.1. The van der Waals surface area contributed by atoms with Gasteiger partial charge in [0.1, 0.15) is 12.2 Å². The fourth-order valence-electron chi connectivity index (χ4n) is 3.69. The third-order valence-corrected chi connectivity index (χ3v) is 5.15. The molecule has 176 valence electrons. The van der Waals surface area contributed by atoms with Crippen molar-refractivity contribution >= 4 is 23.9 Å². The van der Waals surface area contributed by atoms with Gasteiger partial charge >= 0.3 is 12.1 Å². The maximum absolute atomic E-state index is 12.4. The zero-order chi connectivity index (χ0) is 23.6. The lowest BCUT2D eigenvalue weighted by Crippen LogP contribution is -2.44. The number of amides is 3. The molecule has 8 heteroatoms. The van der Waals surface area contributed by atoms with Gasteiger partial charge in [-0.25, -0.2) is 4.79 Å². The van der Waals surface area contributed by atoms with Gasteiger partial charge in [0.15, 0.2) is 0 Å². The molecule has 0 spiro atoms. The van der Waals surface area contributed by atoms with Crippen LogP contribution in [0.15, 0.2) is 30.3 Å². The van der Waals surface area contributed by atoms with E-state index in [0.717, 1.165) is 31.2 Å². The van der Waals surface area contributed by atoms with Crippen LogP contribution in [-0.2, 0) is 30.5 Å². The number of carbonyl (C=O) groups is 4. The molecular weight excluding hydrogens is 412 g/mol. The van der Waals surface area contributed by atoms with Crippen LogP contribution in [0.25, 0.3) is 0 Å². The molecule has 0 aliphatic heterocycles. The summed E-state index contributed by atoms with van der Waals surface area (Å²) >= 11 is 0. The number of alkyl carbamates (subject to hydrolysis) is 1. The number of benzene rings is 1. The van der Waals surface area contributed by atoms with E-state index < -0.39 is 35.5 Å². The molecule has 1 saturated carbocycles. The first-order valence-electron chi connectivity index (χ1n) is 11.1. The summed E-state index contributed by atoms with van der Waals surface area (Å²) in [5.41, 5.74) is 0.243. The molecule has 1 aliphatic carbocycles. The third kappa shape index (κ3) is 9.94. The van der Waals surface area contributed by atoms with Crippen LogP contribution in [0.2, 0.25) is 0 Å². The van der Waals surface area contributed by atoms with Crippen molar-refractivity contribution in [2.45, 2.75) is 84.0 Å². The van der Waals surface area contributed by atoms with Crippen LogP contribution in [0.1, 0.15) is 71.3 Å². The van der Waals surface area contributed by atoms with Crippen molar-refractivity contribution < 1.29 is 28.7 Å². The van der Waals surface area contributed by atoms with Crippen molar-refractivity contribution in [1.82, 2.24) is 10.6 Å². The number of rotatable bonds is 9. The van der Waals surface area contributed by atoms with E-state index in [1.165, 1.54) is 0 Å². The Morgan fingerprint density at radius 2 is 1.66 bits per heavy atom. The van der Waals surface area contributed by atoms with Crippen molar-refractivity contribution in [3.63, 3.8) is 0 Å². The second kappa shape index (κ2) is 12.2. The molecule has 2 rings (SSSR count). The van der Waals surface area contributed by atoms with Gasteiger partial charge in [-0.05, 0) is 45.1 Å². The lowest BCUT2D eigenvalue weighted by atomic mass is 9.95. The zero-order valence-electron chi connectivity index (χ0n) is 19.1. The van der Waals surface area contributed by atoms with Crippen molar-refractivity contribution in [2.24, 2.45) is 5.92 Å². The summed E-state index contributed by atoms with van der Waals surface area (Å²) in [6.07, 6.45) is 3.04. The Bertz CT molecular complexity index is 781. The molecule has 1 aromatic carbocycles. The molecule has 1 aliphatic rings. The van der Waals surface area contributed by atoms with Crippen molar-refractivity contribution in [3.8, 4) is 0 Å². The monoisotopic (exact) mass is 446 g/mol. The molecule has 2 N–H and O–H groups in total. The summed E-state index contributed by atoms with van der Waals surface area (Å²) in [6, 6.07) is 8.91. The summed E-state index contributed by atoms with van der Waals surface area (Å²) in [7, 11) is 0. The SMILES string of the molecule is CC(C)(C)OC(=O)CCC(=O)NC(=O)CC(NC(=O)OCc1ccccc1)C1CCCC1. The van der Waals surface area contributed by atoms with Gasteiger partial charge in [0.25, 0.3) is 0 Å².